The third-order valence-electron chi connectivity index (χ3n) is 10.5. The predicted molar refractivity (Wildman–Crippen MR) is 203 cm³/mol. The van der Waals surface area contributed by atoms with E-state index in [-0.39, 0.29) is 24.4 Å². The van der Waals surface area contributed by atoms with E-state index in [0.717, 1.165) is 37.5 Å². The number of sulfone groups is 1. The molecule has 0 spiro atoms. The van der Waals surface area contributed by atoms with Crippen LogP contribution in [0.1, 0.15) is 89.6 Å². The highest BCUT2D eigenvalue weighted by Crippen LogP contribution is 2.39. The first kappa shape index (κ1) is 41.9. The van der Waals surface area contributed by atoms with Gasteiger partial charge >= 0.3 is 5.97 Å². The zero-order chi connectivity index (χ0) is 39.1. The van der Waals surface area contributed by atoms with Crippen LogP contribution < -0.4 is 21.7 Å². The largest absolute Gasteiger partial charge is 0.458 e. The summed E-state index contributed by atoms with van der Waals surface area (Å²) in [6.07, 6.45) is 7.95. The number of amides is 3. The molecule has 53 heavy (non-hydrogen) atoms. The van der Waals surface area contributed by atoms with Gasteiger partial charge in [-0.2, -0.15) is 0 Å². The van der Waals surface area contributed by atoms with E-state index in [9.17, 15) is 27.6 Å². The minimum atomic E-state index is -3.93. The van der Waals surface area contributed by atoms with E-state index in [4.69, 9.17) is 10.5 Å². The minimum absolute atomic E-state index is 0.101. The Morgan fingerprint density at radius 2 is 1.64 bits per heavy atom. The lowest BCUT2D eigenvalue weighted by Crippen LogP contribution is -2.64. The smallest absolute Gasteiger partial charge is 0.323 e. The maximum absolute atomic E-state index is 14.5. The van der Waals surface area contributed by atoms with Gasteiger partial charge in [0.1, 0.15) is 18.2 Å². The van der Waals surface area contributed by atoms with Crippen molar-refractivity contribution in [3.63, 3.8) is 0 Å². The first-order valence-corrected chi connectivity index (χ1v) is 20.4. The molecule has 1 aromatic heterocycles. The van der Waals surface area contributed by atoms with Crippen LogP contribution in [0.15, 0.2) is 54.9 Å². The zero-order valence-electron chi connectivity index (χ0n) is 32.1. The molecule has 4 rings (SSSR count). The number of nitrogens with two attached hydrogens (primary N) is 1. The molecule has 3 amide bonds. The fraction of sp³-hybridized carbons (Fsp3) is 0.615. The second kappa shape index (κ2) is 17.5. The van der Waals surface area contributed by atoms with Gasteiger partial charge in [-0.1, -0.05) is 49.6 Å². The van der Waals surface area contributed by atoms with Crippen molar-refractivity contribution in [3.8, 4) is 0 Å². The number of nitrogens with zero attached hydrogens (tertiary/aromatic N) is 2. The summed E-state index contributed by atoms with van der Waals surface area (Å²) in [4.78, 5) is 61.1. The number of fused-ring (bicyclic) bond motifs is 1. The number of esters is 1. The molecule has 13 nitrogen and oxygen atoms in total. The lowest BCUT2D eigenvalue weighted by Gasteiger charge is -2.47. The van der Waals surface area contributed by atoms with Crippen LogP contribution in [-0.2, 0) is 35.4 Å². The average Bonchev–Trinajstić information content (AvgIpc) is 3.08. The van der Waals surface area contributed by atoms with E-state index in [1.54, 1.807) is 6.07 Å². The standard InChI is InChI=1S/C39H58N6O7S/c1-25(40)37(49)52-32(24-45-23-29-17-12-11-16-27(29)21-31(45)35(47)44-38(2,3)4)30(20-26-14-9-8-10-15-26)42-36(48)33(39(5,6)53(7,50)51)43-34(46)28-18-13-19-41-22-28/h8-10,13-15,18-19,22,25,27,29-33H,11-12,16-17,20-21,23-24,40H2,1-7H3,(H,42,48)(H,43,46)(H,44,47)/t25?,27-,29+,30-,31-,32+,33+/m0/s1. The number of nitrogens with one attached hydrogen (secondary N) is 3. The molecule has 7 atom stereocenters. The molecule has 5 N–H and O–H groups in total. The Hall–Kier alpha value is -3.88. The zero-order valence-corrected chi connectivity index (χ0v) is 32.9. The normalized spacial score (nSPS) is 21.9. The van der Waals surface area contributed by atoms with Crippen molar-refractivity contribution >= 4 is 33.5 Å². The van der Waals surface area contributed by atoms with E-state index in [1.807, 2.05) is 51.1 Å². The molecular formula is C39H58N6O7S. The molecule has 292 valence electrons. The van der Waals surface area contributed by atoms with Crippen LogP contribution in [0.2, 0.25) is 0 Å². The van der Waals surface area contributed by atoms with Gasteiger partial charge < -0.3 is 26.4 Å². The van der Waals surface area contributed by atoms with E-state index < -0.39 is 68.2 Å². The third kappa shape index (κ3) is 11.3. The van der Waals surface area contributed by atoms with E-state index in [2.05, 4.69) is 25.8 Å². The quantitative estimate of drug-likeness (QED) is 0.209. The second-order valence-electron chi connectivity index (χ2n) is 16.3. The summed E-state index contributed by atoms with van der Waals surface area (Å²) in [7, 11) is -3.93. The molecule has 2 aliphatic rings. The van der Waals surface area contributed by atoms with Crippen molar-refractivity contribution < 1.29 is 32.3 Å². The van der Waals surface area contributed by atoms with Crippen LogP contribution in [0, 0.1) is 11.8 Å². The van der Waals surface area contributed by atoms with Crippen LogP contribution in [-0.4, -0.2) is 102 Å². The summed E-state index contributed by atoms with van der Waals surface area (Å²) in [6, 6.07) is 8.40. The van der Waals surface area contributed by atoms with Crippen LogP contribution in [0.5, 0.6) is 0 Å². The lowest BCUT2D eigenvalue weighted by molar-refractivity contribution is -0.155. The van der Waals surface area contributed by atoms with Gasteiger partial charge in [0.25, 0.3) is 5.91 Å². The Morgan fingerprint density at radius 1 is 0.981 bits per heavy atom. The van der Waals surface area contributed by atoms with Crippen LogP contribution in [0.4, 0.5) is 0 Å². The summed E-state index contributed by atoms with van der Waals surface area (Å²) < 4.78 is 30.7. The number of carbonyl (C=O) groups is 4. The Labute approximate surface area is 314 Å². The number of aromatic nitrogens is 1. The molecule has 1 aromatic carbocycles. The fourth-order valence-electron chi connectivity index (χ4n) is 7.25. The van der Waals surface area contributed by atoms with Crippen LogP contribution >= 0.6 is 0 Å². The summed E-state index contributed by atoms with van der Waals surface area (Å²) in [5.41, 5.74) is 6.49. The van der Waals surface area contributed by atoms with Crippen molar-refractivity contribution in [3.05, 3.63) is 66.0 Å². The number of carbonyl (C=O) groups excluding carboxylic acids is 4. The Balaban J connectivity index is 1.76. The molecule has 2 heterocycles. The Bertz CT molecular complexity index is 1680. The molecule has 2 fully saturated rings. The highest BCUT2D eigenvalue weighted by atomic mass is 32.2. The maximum atomic E-state index is 14.5. The van der Waals surface area contributed by atoms with Crippen molar-refractivity contribution in [1.82, 2.24) is 25.8 Å². The number of benzene rings is 1. The van der Waals surface area contributed by atoms with Gasteiger partial charge in [-0.05, 0) is 90.3 Å². The van der Waals surface area contributed by atoms with Gasteiger partial charge in [0.05, 0.1) is 22.4 Å². The number of likely N-dealkylation sites (tertiary alicyclic amines) is 1. The molecular weight excluding hydrogens is 697 g/mol. The van der Waals surface area contributed by atoms with Gasteiger partial charge in [0, 0.05) is 37.3 Å². The molecule has 1 aliphatic heterocycles. The van der Waals surface area contributed by atoms with Crippen molar-refractivity contribution in [1.29, 1.82) is 0 Å². The minimum Gasteiger partial charge on any atom is -0.458 e. The number of rotatable bonds is 14. The second-order valence-corrected chi connectivity index (χ2v) is 18.9. The highest BCUT2D eigenvalue weighted by Gasteiger charge is 2.47. The molecule has 1 saturated carbocycles. The summed E-state index contributed by atoms with van der Waals surface area (Å²) in [5.74, 6) is -1.52. The Morgan fingerprint density at radius 3 is 2.23 bits per heavy atom. The van der Waals surface area contributed by atoms with E-state index in [0.29, 0.717) is 24.8 Å². The number of hydrogen-bond donors (Lipinski definition) is 4. The molecule has 0 bridgehead atoms. The summed E-state index contributed by atoms with van der Waals surface area (Å²) in [5, 5.41) is 8.78. The summed E-state index contributed by atoms with van der Waals surface area (Å²) >= 11 is 0. The summed E-state index contributed by atoms with van der Waals surface area (Å²) in [6.45, 7) is 10.8. The average molecular weight is 755 g/mol. The molecule has 1 aliphatic carbocycles. The lowest BCUT2D eigenvalue weighted by atomic mass is 9.72. The topological polar surface area (TPSA) is 190 Å². The Kier molecular flexibility index (Phi) is 13.8. The van der Waals surface area contributed by atoms with Gasteiger partial charge in [0.15, 0.2) is 9.84 Å². The molecule has 0 radical (unpaired) electrons. The third-order valence-corrected chi connectivity index (χ3v) is 12.7. The van der Waals surface area contributed by atoms with Crippen LogP contribution in [0.3, 0.4) is 0 Å². The number of ether oxygens (including phenoxy) is 1. The number of pyridine rings is 1. The van der Waals surface area contributed by atoms with E-state index in [1.165, 1.54) is 39.2 Å². The van der Waals surface area contributed by atoms with Gasteiger partial charge in [-0.3, -0.25) is 29.1 Å². The first-order valence-electron chi connectivity index (χ1n) is 18.5. The number of piperidine rings is 1. The molecule has 14 heteroatoms. The maximum Gasteiger partial charge on any atom is 0.323 e. The number of hydrogen-bond acceptors (Lipinski definition) is 10. The van der Waals surface area contributed by atoms with Gasteiger partial charge in [-0.25, -0.2) is 8.42 Å². The van der Waals surface area contributed by atoms with Crippen molar-refractivity contribution in [2.45, 2.75) is 121 Å². The predicted octanol–water partition coefficient (Wildman–Crippen LogP) is 2.79. The monoisotopic (exact) mass is 754 g/mol. The molecule has 1 saturated heterocycles. The van der Waals surface area contributed by atoms with Gasteiger partial charge in [0.2, 0.25) is 11.8 Å². The highest BCUT2D eigenvalue weighted by molar-refractivity contribution is 7.92. The first-order chi connectivity index (χ1) is 24.8. The van der Waals surface area contributed by atoms with Crippen molar-refractivity contribution in [2.24, 2.45) is 17.6 Å². The van der Waals surface area contributed by atoms with E-state index >= 15 is 0 Å². The van der Waals surface area contributed by atoms with Crippen LogP contribution in [0.25, 0.3) is 0 Å². The fourth-order valence-corrected chi connectivity index (χ4v) is 7.85. The molecule has 1 unspecified atom stereocenters. The van der Waals surface area contributed by atoms with Crippen molar-refractivity contribution in [2.75, 3.05) is 19.3 Å². The SMILES string of the molecule is CC(N)C(=O)O[C@H](CN1C[C@H]2CCCC[C@H]2C[C@H]1C(=O)NC(C)(C)C)[C@H](Cc1ccccc1)NC(=O)[C@@H](NC(=O)c1cccnc1)C(C)(C)S(C)(=O)=O. The molecule has 2 aromatic rings. The van der Waals surface area contributed by atoms with Gasteiger partial charge in [-0.15, -0.1) is 0 Å².